The molecule has 1 N–H and O–H groups in total. The molecule has 1 aliphatic rings. The molecular weight excluding hydrogens is 456 g/mol. The van der Waals surface area contributed by atoms with Crippen LogP contribution in [0.3, 0.4) is 0 Å². The molecule has 0 spiro atoms. The van der Waals surface area contributed by atoms with E-state index in [0.29, 0.717) is 11.6 Å². The third kappa shape index (κ3) is 5.51. The Kier molecular flexibility index (Phi) is 7.16. The van der Waals surface area contributed by atoms with Gasteiger partial charge in [0.05, 0.1) is 12.2 Å². The summed E-state index contributed by atoms with van der Waals surface area (Å²) in [6, 6.07) is 18.9. The average molecular weight is 485 g/mol. The zero-order chi connectivity index (χ0) is 24.7. The zero-order valence-electron chi connectivity index (χ0n) is 20.0. The summed E-state index contributed by atoms with van der Waals surface area (Å²) in [6.07, 6.45) is 5.07. The van der Waals surface area contributed by atoms with E-state index < -0.39 is 0 Å². The van der Waals surface area contributed by atoms with Gasteiger partial charge in [-0.2, -0.15) is 5.10 Å². The van der Waals surface area contributed by atoms with Crippen molar-refractivity contribution in [1.29, 1.82) is 0 Å². The largest absolute Gasteiger partial charge is 0.476 e. The quantitative estimate of drug-likeness (QED) is 0.384. The van der Waals surface area contributed by atoms with E-state index in [9.17, 15) is 9.59 Å². The van der Waals surface area contributed by atoms with Crippen molar-refractivity contribution in [1.82, 2.24) is 25.1 Å². The van der Waals surface area contributed by atoms with Gasteiger partial charge in [0.1, 0.15) is 25.3 Å². The summed E-state index contributed by atoms with van der Waals surface area (Å²) < 4.78 is 6.89. The van der Waals surface area contributed by atoms with Gasteiger partial charge in [0.25, 0.3) is 5.56 Å². The van der Waals surface area contributed by atoms with Crippen molar-refractivity contribution in [3.05, 3.63) is 77.3 Å². The Bertz CT molecular complexity index is 1410. The summed E-state index contributed by atoms with van der Waals surface area (Å²) in [6.45, 7) is 2.33. The first-order valence-electron chi connectivity index (χ1n) is 12.2. The van der Waals surface area contributed by atoms with Gasteiger partial charge in [0.2, 0.25) is 11.8 Å². The SMILES string of the molecule is O=C(Cn1nc(-c2cccc3ccccc23)ccc1=O)NCCOc1cc(N2CCCCC2)ncn1. The molecule has 1 saturated heterocycles. The van der Waals surface area contributed by atoms with Crippen LogP contribution in [0.1, 0.15) is 19.3 Å². The molecule has 184 valence electrons. The molecule has 0 unspecified atom stereocenters. The van der Waals surface area contributed by atoms with Gasteiger partial charge in [-0.3, -0.25) is 9.59 Å². The molecule has 1 fully saturated rings. The van der Waals surface area contributed by atoms with Gasteiger partial charge in [-0.05, 0) is 36.1 Å². The molecular formula is C27H28N6O3. The first-order chi connectivity index (χ1) is 17.7. The van der Waals surface area contributed by atoms with Gasteiger partial charge < -0.3 is 15.0 Å². The van der Waals surface area contributed by atoms with E-state index in [1.54, 1.807) is 6.07 Å². The van der Waals surface area contributed by atoms with Crippen molar-refractivity contribution in [2.45, 2.75) is 25.8 Å². The van der Waals surface area contributed by atoms with Crippen LogP contribution < -0.4 is 20.5 Å². The number of nitrogens with zero attached hydrogens (tertiary/aromatic N) is 5. The van der Waals surface area contributed by atoms with Crippen LogP contribution in [0.5, 0.6) is 5.88 Å². The van der Waals surface area contributed by atoms with E-state index in [1.165, 1.54) is 23.5 Å². The number of ether oxygens (including phenoxy) is 1. The molecule has 9 nitrogen and oxygen atoms in total. The molecule has 5 rings (SSSR count). The van der Waals surface area contributed by atoms with Crippen molar-refractivity contribution in [3.63, 3.8) is 0 Å². The number of carbonyl (C=O) groups is 1. The zero-order valence-corrected chi connectivity index (χ0v) is 20.0. The number of hydrogen-bond acceptors (Lipinski definition) is 7. The topological polar surface area (TPSA) is 102 Å². The van der Waals surface area contributed by atoms with Crippen molar-refractivity contribution in [3.8, 4) is 17.1 Å². The lowest BCUT2D eigenvalue weighted by Gasteiger charge is -2.27. The number of piperidine rings is 1. The number of fused-ring (bicyclic) bond motifs is 1. The number of hydrogen-bond donors (Lipinski definition) is 1. The van der Waals surface area contributed by atoms with Crippen LogP contribution in [0.15, 0.2) is 71.8 Å². The van der Waals surface area contributed by atoms with Crippen LogP contribution in [-0.4, -0.2) is 51.9 Å². The number of rotatable bonds is 8. The number of aromatic nitrogens is 4. The summed E-state index contributed by atoms with van der Waals surface area (Å²) in [7, 11) is 0. The third-order valence-electron chi connectivity index (χ3n) is 6.21. The van der Waals surface area contributed by atoms with Crippen LogP contribution in [0.2, 0.25) is 0 Å². The maximum atomic E-state index is 12.5. The molecule has 2 aromatic carbocycles. The Morgan fingerprint density at radius 3 is 2.69 bits per heavy atom. The molecule has 36 heavy (non-hydrogen) atoms. The van der Waals surface area contributed by atoms with Crippen LogP contribution >= 0.6 is 0 Å². The Morgan fingerprint density at radius 2 is 1.81 bits per heavy atom. The minimum atomic E-state index is -0.336. The predicted octanol–water partition coefficient (Wildman–Crippen LogP) is 3.04. The number of benzene rings is 2. The minimum absolute atomic E-state index is 0.177. The standard InChI is InChI=1S/C27H28N6O3/c34-25(28-13-16-36-26-17-24(29-19-30-26)32-14-4-1-5-15-32)18-33-27(35)12-11-23(31-33)22-10-6-8-20-7-2-3-9-21(20)22/h2-3,6-12,17,19H,1,4-5,13-16,18H2,(H,28,34). The minimum Gasteiger partial charge on any atom is -0.476 e. The summed E-state index contributed by atoms with van der Waals surface area (Å²) >= 11 is 0. The van der Waals surface area contributed by atoms with Gasteiger partial charge in [-0.1, -0.05) is 42.5 Å². The van der Waals surface area contributed by atoms with Gasteiger partial charge in [0.15, 0.2) is 0 Å². The highest BCUT2D eigenvalue weighted by atomic mass is 16.5. The maximum absolute atomic E-state index is 12.5. The predicted molar refractivity (Wildman–Crippen MR) is 138 cm³/mol. The molecule has 0 atom stereocenters. The van der Waals surface area contributed by atoms with Crippen LogP contribution in [-0.2, 0) is 11.3 Å². The Balaban J connectivity index is 1.17. The second-order valence-electron chi connectivity index (χ2n) is 8.70. The van der Waals surface area contributed by atoms with Crippen molar-refractivity contribution >= 4 is 22.5 Å². The molecule has 0 saturated carbocycles. The number of carbonyl (C=O) groups excluding carboxylic acids is 1. The molecule has 1 aliphatic heterocycles. The lowest BCUT2D eigenvalue weighted by molar-refractivity contribution is -0.122. The lowest BCUT2D eigenvalue weighted by atomic mass is 10.0. The molecule has 3 heterocycles. The molecule has 1 amide bonds. The molecule has 4 aromatic rings. The van der Waals surface area contributed by atoms with E-state index in [-0.39, 0.29) is 31.2 Å². The Hall–Kier alpha value is -4.27. The normalized spacial score (nSPS) is 13.5. The summed E-state index contributed by atoms with van der Waals surface area (Å²) in [5, 5.41) is 9.35. The number of nitrogens with one attached hydrogen (secondary N) is 1. The number of anilines is 1. The van der Waals surface area contributed by atoms with Gasteiger partial charge in [-0.25, -0.2) is 14.6 Å². The number of amides is 1. The van der Waals surface area contributed by atoms with Crippen molar-refractivity contribution < 1.29 is 9.53 Å². The van der Waals surface area contributed by atoms with Crippen LogP contribution in [0.4, 0.5) is 5.82 Å². The highest BCUT2D eigenvalue weighted by Crippen LogP contribution is 2.26. The monoisotopic (exact) mass is 484 g/mol. The van der Waals surface area contributed by atoms with E-state index in [0.717, 1.165) is 48.1 Å². The first-order valence-corrected chi connectivity index (χ1v) is 12.2. The average Bonchev–Trinajstić information content (AvgIpc) is 2.93. The van der Waals surface area contributed by atoms with Gasteiger partial charge in [0, 0.05) is 30.8 Å². The highest BCUT2D eigenvalue weighted by molar-refractivity contribution is 5.95. The fourth-order valence-electron chi connectivity index (χ4n) is 4.40. The van der Waals surface area contributed by atoms with E-state index in [4.69, 9.17) is 4.74 Å². The van der Waals surface area contributed by atoms with E-state index in [1.807, 2.05) is 48.5 Å². The Labute approximate surface area is 208 Å². The van der Waals surface area contributed by atoms with E-state index >= 15 is 0 Å². The van der Waals surface area contributed by atoms with Crippen molar-refractivity contribution in [2.24, 2.45) is 0 Å². The molecule has 2 aromatic heterocycles. The van der Waals surface area contributed by atoms with Gasteiger partial charge in [-0.15, -0.1) is 0 Å². The first kappa shape index (κ1) is 23.5. The fraction of sp³-hybridized carbons (Fsp3) is 0.296. The smallest absolute Gasteiger partial charge is 0.267 e. The van der Waals surface area contributed by atoms with Crippen LogP contribution in [0.25, 0.3) is 22.0 Å². The van der Waals surface area contributed by atoms with E-state index in [2.05, 4.69) is 25.3 Å². The lowest BCUT2D eigenvalue weighted by Crippen LogP contribution is -2.35. The molecule has 9 heteroatoms. The van der Waals surface area contributed by atoms with Crippen molar-refractivity contribution in [2.75, 3.05) is 31.1 Å². The maximum Gasteiger partial charge on any atom is 0.267 e. The molecule has 0 aliphatic carbocycles. The third-order valence-corrected chi connectivity index (χ3v) is 6.21. The van der Waals surface area contributed by atoms with Crippen LogP contribution in [0, 0.1) is 0 Å². The summed E-state index contributed by atoms with van der Waals surface area (Å²) in [4.78, 5) is 35.6. The highest BCUT2D eigenvalue weighted by Gasteiger charge is 2.13. The second-order valence-corrected chi connectivity index (χ2v) is 8.70. The fourth-order valence-corrected chi connectivity index (χ4v) is 4.40. The molecule has 0 bridgehead atoms. The summed E-state index contributed by atoms with van der Waals surface area (Å²) in [5.41, 5.74) is 1.21. The molecule has 0 radical (unpaired) electrons. The Morgan fingerprint density at radius 1 is 0.972 bits per heavy atom. The second kappa shape index (κ2) is 11.0. The summed E-state index contributed by atoms with van der Waals surface area (Å²) in [5.74, 6) is 1.01. The van der Waals surface area contributed by atoms with Gasteiger partial charge >= 0.3 is 0 Å².